The van der Waals surface area contributed by atoms with Gasteiger partial charge in [0.15, 0.2) is 5.78 Å². The van der Waals surface area contributed by atoms with Crippen molar-refractivity contribution in [2.24, 2.45) is 0 Å². The lowest BCUT2D eigenvalue weighted by molar-refractivity contribution is -0.121. The molecule has 0 aliphatic rings. The molecule has 0 aliphatic heterocycles. The van der Waals surface area contributed by atoms with Crippen LogP contribution in [-0.2, 0) is 17.8 Å². The van der Waals surface area contributed by atoms with Crippen molar-refractivity contribution in [1.29, 1.82) is 0 Å². The Labute approximate surface area is 129 Å². The fourth-order valence-electron chi connectivity index (χ4n) is 2.50. The summed E-state index contributed by atoms with van der Waals surface area (Å²) in [5.41, 5.74) is 2.00. The van der Waals surface area contributed by atoms with E-state index in [1.54, 1.807) is 24.8 Å². The molecule has 0 fully saturated rings. The average molecular weight is 303 g/mol. The monoisotopic (exact) mass is 303 g/mol. The summed E-state index contributed by atoms with van der Waals surface area (Å²) in [6.45, 7) is 5.80. The molecular weight excluding hydrogens is 282 g/mol. The quantitative estimate of drug-likeness (QED) is 0.627. The molecule has 0 atom stereocenters. The van der Waals surface area contributed by atoms with Gasteiger partial charge < -0.3 is 9.73 Å². The van der Waals surface area contributed by atoms with Crippen molar-refractivity contribution in [1.82, 2.24) is 15.1 Å². The first-order valence-corrected chi connectivity index (χ1v) is 7.33. The Morgan fingerprint density at radius 2 is 2.14 bits per heavy atom. The molecule has 22 heavy (non-hydrogen) atoms. The maximum Gasteiger partial charge on any atom is 0.241 e. The highest BCUT2D eigenvalue weighted by atomic mass is 16.3. The Hall–Kier alpha value is -2.37. The molecule has 2 rings (SSSR count). The third kappa shape index (κ3) is 3.84. The van der Waals surface area contributed by atoms with Crippen LogP contribution in [0, 0.1) is 13.8 Å². The average Bonchev–Trinajstić information content (AvgIpc) is 3.04. The van der Waals surface area contributed by atoms with Crippen molar-refractivity contribution in [2.45, 2.75) is 40.2 Å². The van der Waals surface area contributed by atoms with E-state index < -0.39 is 0 Å². The number of hydrogen-bond donors (Lipinski definition) is 1. The van der Waals surface area contributed by atoms with Crippen LogP contribution in [0.3, 0.4) is 0 Å². The number of nitrogens with one attached hydrogen (secondary N) is 1. The van der Waals surface area contributed by atoms with Gasteiger partial charge in [-0.1, -0.05) is 0 Å². The topological polar surface area (TPSA) is 77.1 Å². The van der Waals surface area contributed by atoms with Gasteiger partial charge in [0.05, 0.1) is 17.5 Å². The molecule has 6 nitrogen and oxygen atoms in total. The molecule has 118 valence electrons. The normalized spacial score (nSPS) is 10.7. The standard InChI is InChI=1S/C16H21N3O3/c1-11-16(13(3)20)12(2)19(18-11)10-15(21)17-8-4-6-14-7-5-9-22-14/h5,7,9H,4,6,8,10H2,1-3H3,(H,17,21). The van der Waals surface area contributed by atoms with Gasteiger partial charge in [-0.05, 0) is 39.3 Å². The lowest BCUT2D eigenvalue weighted by Gasteiger charge is -2.06. The van der Waals surface area contributed by atoms with Crippen molar-refractivity contribution in [2.75, 3.05) is 6.54 Å². The van der Waals surface area contributed by atoms with Crippen molar-refractivity contribution >= 4 is 11.7 Å². The summed E-state index contributed by atoms with van der Waals surface area (Å²) >= 11 is 0. The fourth-order valence-corrected chi connectivity index (χ4v) is 2.50. The van der Waals surface area contributed by atoms with Crippen LogP contribution in [0.1, 0.15) is 40.9 Å². The molecule has 0 unspecified atom stereocenters. The Morgan fingerprint density at radius 3 is 2.73 bits per heavy atom. The van der Waals surface area contributed by atoms with Crippen LogP contribution in [0.25, 0.3) is 0 Å². The second-order valence-electron chi connectivity index (χ2n) is 5.29. The van der Waals surface area contributed by atoms with Crippen LogP contribution >= 0.6 is 0 Å². The molecule has 0 saturated carbocycles. The molecule has 2 heterocycles. The first-order chi connectivity index (χ1) is 10.5. The number of hydrogen-bond acceptors (Lipinski definition) is 4. The smallest absolute Gasteiger partial charge is 0.241 e. The SMILES string of the molecule is CC(=O)c1c(C)nn(CC(=O)NCCCc2ccco2)c1C. The van der Waals surface area contributed by atoms with E-state index in [0.717, 1.165) is 24.3 Å². The van der Waals surface area contributed by atoms with Gasteiger partial charge in [-0.2, -0.15) is 5.10 Å². The maximum atomic E-state index is 11.9. The van der Waals surface area contributed by atoms with E-state index >= 15 is 0 Å². The first kappa shape index (κ1) is 16.0. The number of nitrogens with zero attached hydrogens (tertiary/aromatic N) is 2. The van der Waals surface area contributed by atoms with Crippen LogP contribution in [0.2, 0.25) is 0 Å². The van der Waals surface area contributed by atoms with Crippen LogP contribution in [0.15, 0.2) is 22.8 Å². The predicted molar refractivity (Wildman–Crippen MR) is 81.7 cm³/mol. The zero-order valence-corrected chi connectivity index (χ0v) is 13.2. The minimum Gasteiger partial charge on any atom is -0.469 e. The van der Waals surface area contributed by atoms with Crippen molar-refractivity contribution in [3.05, 3.63) is 41.1 Å². The number of aromatic nitrogens is 2. The number of furan rings is 1. The molecule has 2 aromatic rings. The van der Waals surface area contributed by atoms with Gasteiger partial charge in [-0.25, -0.2) is 0 Å². The number of carbonyl (C=O) groups excluding carboxylic acids is 2. The number of rotatable bonds is 7. The molecule has 0 aromatic carbocycles. The highest BCUT2D eigenvalue weighted by molar-refractivity contribution is 5.96. The summed E-state index contributed by atoms with van der Waals surface area (Å²) in [5.74, 6) is 0.777. The van der Waals surface area contributed by atoms with Gasteiger partial charge in [-0.15, -0.1) is 0 Å². The Bertz CT molecular complexity index is 656. The largest absolute Gasteiger partial charge is 0.469 e. The van der Waals surface area contributed by atoms with Gasteiger partial charge in [0.25, 0.3) is 0 Å². The molecule has 0 radical (unpaired) electrons. The Kier molecular flexibility index (Phi) is 5.14. The fraction of sp³-hybridized carbons (Fsp3) is 0.438. The summed E-state index contributed by atoms with van der Waals surface area (Å²) < 4.78 is 6.81. The van der Waals surface area contributed by atoms with Crippen LogP contribution < -0.4 is 5.32 Å². The molecule has 0 bridgehead atoms. The molecule has 1 amide bonds. The maximum absolute atomic E-state index is 11.9. The van der Waals surface area contributed by atoms with Crippen LogP contribution in [0.4, 0.5) is 0 Å². The molecule has 6 heteroatoms. The minimum absolute atomic E-state index is 0.0277. The number of aryl methyl sites for hydroxylation is 2. The van der Waals surface area contributed by atoms with E-state index in [1.807, 2.05) is 12.1 Å². The second kappa shape index (κ2) is 7.06. The van der Waals surface area contributed by atoms with Gasteiger partial charge >= 0.3 is 0 Å². The Balaban J connectivity index is 1.82. The Morgan fingerprint density at radius 1 is 1.36 bits per heavy atom. The first-order valence-electron chi connectivity index (χ1n) is 7.33. The highest BCUT2D eigenvalue weighted by Gasteiger charge is 2.16. The van der Waals surface area contributed by atoms with Crippen LogP contribution in [0.5, 0.6) is 0 Å². The highest BCUT2D eigenvalue weighted by Crippen LogP contribution is 2.13. The number of amides is 1. The third-order valence-electron chi connectivity index (χ3n) is 3.53. The van der Waals surface area contributed by atoms with Gasteiger partial charge in [-0.3, -0.25) is 14.3 Å². The van der Waals surface area contributed by atoms with E-state index in [9.17, 15) is 9.59 Å². The van der Waals surface area contributed by atoms with E-state index in [0.29, 0.717) is 17.8 Å². The summed E-state index contributed by atoms with van der Waals surface area (Å²) in [6, 6.07) is 3.77. The van der Waals surface area contributed by atoms with Gasteiger partial charge in [0.2, 0.25) is 5.91 Å². The van der Waals surface area contributed by atoms with Crippen molar-refractivity contribution in [3.8, 4) is 0 Å². The molecular formula is C16H21N3O3. The number of carbonyl (C=O) groups is 2. The zero-order valence-electron chi connectivity index (χ0n) is 13.2. The number of ketones is 1. The third-order valence-corrected chi connectivity index (χ3v) is 3.53. The molecule has 1 N–H and O–H groups in total. The zero-order chi connectivity index (χ0) is 16.1. The molecule has 0 spiro atoms. The molecule has 2 aromatic heterocycles. The summed E-state index contributed by atoms with van der Waals surface area (Å²) in [5, 5.41) is 7.11. The number of Topliss-reactive ketones (excluding diaryl/α,β-unsaturated/α-hetero) is 1. The summed E-state index contributed by atoms with van der Waals surface area (Å²) in [7, 11) is 0. The van der Waals surface area contributed by atoms with Crippen LogP contribution in [-0.4, -0.2) is 28.0 Å². The minimum atomic E-state index is -0.111. The summed E-state index contributed by atoms with van der Waals surface area (Å²) in [6.07, 6.45) is 3.25. The van der Waals surface area contributed by atoms with Crippen molar-refractivity contribution < 1.29 is 14.0 Å². The molecule has 0 saturated heterocycles. The van der Waals surface area contributed by atoms with E-state index in [-0.39, 0.29) is 18.2 Å². The van der Waals surface area contributed by atoms with E-state index in [2.05, 4.69) is 10.4 Å². The predicted octanol–water partition coefficient (Wildman–Crippen LogP) is 2.04. The van der Waals surface area contributed by atoms with E-state index in [4.69, 9.17) is 4.42 Å². The van der Waals surface area contributed by atoms with Gasteiger partial charge in [0, 0.05) is 18.7 Å². The summed E-state index contributed by atoms with van der Waals surface area (Å²) in [4.78, 5) is 23.5. The molecule has 0 aliphatic carbocycles. The van der Waals surface area contributed by atoms with E-state index in [1.165, 1.54) is 6.92 Å². The lowest BCUT2D eigenvalue weighted by atomic mass is 10.1. The van der Waals surface area contributed by atoms with Crippen molar-refractivity contribution in [3.63, 3.8) is 0 Å². The van der Waals surface area contributed by atoms with Gasteiger partial charge in [0.1, 0.15) is 12.3 Å². The lowest BCUT2D eigenvalue weighted by Crippen LogP contribution is -2.29. The second-order valence-corrected chi connectivity index (χ2v) is 5.29.